The molecule has 1 aromatic rings. The van der Waals surface area contributed by atoms with Crippen LogP contribution in [0.15, 0.2) is 24.3 Å². The van der Waals surface area contributed by atoms with Crippen LogP contribution in [0.3, 0.4) is 0 Å². The number of phenolic OH excluding ortho intramolecular Hbond substituents is 1. The van der Waals surface area contributed by atoms with Crippen molar-refractivity contribution in [2.24, 2.45) is 0 Å². The third-order valence-electron chi connectivity index (χ3n) is 1.63. The quantitative estimate of drug-likeness (QED) is 0.846. The van der Waals surface area contributed by atoms with E-state index in [9.17, 15) is 0 Å². The molecule has 0 saturated heterocycles. The molecule has 0 heterocycles. The first-order valence-electron chi connectivity index (χ1n) is 3.82. The molecule has 0 bridgehead atoms. The Labute approximate surface area is 92.5 Å². The van der Waals surface area contributed by atoms with Crippen LogP contribution >= 0.6 is 30.0 Å². The van der Waals surface area contributed by atoms with E-state index in [2.05, 4.69) is 0 Å². The van der Waals surface area contributed by atoms with Gasteiger partial charge in [0.15, 0.2) is 0 Å². The Morgan fingerprint density at radius 1 is 1.08 bits per heavy atom. The number of benzene rings is 1. The van der Waals surface area contributed by atoms with E-state index >= 15 is 0 Å². The molecule has 13 heavy (non-hydrogen) atoms. The molecule has 0 aromatic heterocycles. The molecule has 0 fully saturated rings. The third kappa shape index (κ3) is 5.01. The standard InChI is InChI=1S/C8H9Cl3GeO/c9-12(10,11)6-5-7-1-3-8(13)4-2-7/h1-4,13H,5-6H2. The average Bonchev–Trinajstić information content (AvgIpc) is 2.02. The van der Waals surface area contributed by atoms with Crippen LogP contribution in [0.1, 0.15) is 5.56 Å². The summed E-state index contributed by atoms with van der Waals surface area (Å²) in [6, 6.07) is 6.96. The van der Waals surface area contributed by atoms with Gasteiger partial charge in [-0.15, -0.1) is 0 Å². The van der Waals surface area contributed by atoms with Crippen molar-refractivity contribution in [3.63, 3.8) is 0 Å². The third-order valence-corrected chi connectivity index (χ3v) is 6.29. The van der Waals surface area contributed by atoms with Crippen LogP contribution in [-0.4, -0.2) is 15.6 Å². The number of rotatable bonds is 3. The molecule has 0 radical (unpaired) electrons. The SMILES string of the molecule is Oc1ccc(C[CH2][Ge]([Cl])([Cl])[Cl])cc1. The fourth-order valence-electron chi connectivity index (χ4n) is 0.949. The molecule has 0 aliphatic rings. The minimum absolute atomic E-state index is 0.263. The molecular formula is C8H9Cl3GeO. The number of aromatic hydroxyl groups is 1. The summed E-state index contributed by atoms with van der Waals surface area (Å²) in [7, 11) is 14.4. The van der Waals surface area contributed by atoms with Gasteiger partial charge >= 0.3 is 92.9 Å². The molecule has 72 valence electrons. The number of aryl methyl sites for hydroxylation is 1. The number of hydrogen-bond acceptors (Lipinski definition) is 1. The van der Waals surface area contributed by atoms with Crippen molar-refractivity contribution >= 4 is 40.5 Å². The second kappa shape index (κ2) is 4.78. The second-order valence-electron chi connectivity index (χ2n) is 2.78. The van der Waals surface area contributed by atoms with Crippen LogP contribution in [0, 0.1) is 0 Å². The first-order chi connectivity index (χ1) is 5.97. The van der Waals surface area contributed by atoms with E-state index in [1.165, 1.54) is 0 Å². The van der Waals surface area contributed by atoms with Gasteiger partial charge in [-0.25, -0.2) is 0 Å². The Morgan fingerprint density at radius 2 is 1.62 bits per heavy atom. The zero-order valence-electron chi connectivity index (χ0n) is 6.80. The Morgan fingerprint density at radius 3 is 2.08 bits per heavy atom. The van der Waals surface area contributed by atoms with E-state index in [0.29, 0.717) is 5.25 Å². The van der Waals surface area contributed by atoms with Crippen LogP contribution in [0.5, 0.6) is 5.75 Å². The Balaban J connectivity index is 2.51. The molecule has 1 nitrogen and oxygen atoms in total. The summed E-state index contributed by atoms with van der Waals surface area (Å²) in [5.41, 5.74) is 1.09. The summed E-state index contributed by atoms with van der Waals surface area (Å²) in [5.74, 6) is 0.263. The molecule has 0 aliphatic heterocycles. The van der Waals surface area contributed by atoms with Gasteiger partial charge in [-0.05, 0) is 0 Å². The molecule has 0 atom stereocenters. The van der Waals surface area contributed by atoms with Gasteiger partial charge in [0.2, 0.25) is 0 Å². The Bertz CT molecular complexity index is 268. The molecule has 0 unspecified atom stereocenters. The van der Waals surface area contributed by atoms with Crippen LogP contribution in [0.2, 0.25) is 5.25 Å². The van der Waals surface area contributed by atoms with Crippen molar-refractivity contribution in [2.75, 3.05) is 0 Å². The first-order valence-corrected chi connectivity index (χ1v) is 13.6. The summed E-state index contributed by atoms with van der Waals surface area (Å²) in [6.07, 6.45) is 0.775. The van der Waals surface area contributed by atoms with Crippen LogP contribution < -0.4 is 0 Å². The predicted octanol–water partition coefficient (Wildman–Crippen LogP) is 3.59. The van der Waals surface area contributed by atoms with Crippen molar-refractivity contribution in [3.05, 3.63) is 29.8 Å². The summed E-state index contributed by atoms with van der Waals surface area (Å²) in [5, 5.41) is 9.68. The molecule has 0 spiro atoms. The van der Waals surface area contributed by atoms with Gasteiger partial charge in [0.25, 0.3) is 0 Å². The number of halogens is 3. The predicted molar refractivity (Wildman–Crippen MR) is 59.9 cm³/mol. The molecule has 0 aliphatic carbocycles. The molecule has 1 aromatic carbocycles. The van der Waals surface area contributed by atoms with Gasteiger partial charge in [-0.1, -0.05) is 0 Å². The fourth-order valence-corrected chi connectivity index (χ4v) is 3.62. The van der Waals surface area contributed by atoms with Gasteiger partial charge < -0.3 is 0 Å². The van der Waals surface area contributed by atoms with E-state index in [0.717, 1.165) is 12.0 Å². The van der Waals surface area contributed by atoms with Crippen molar-refractivity contribution in [3.8, 4) is 5.75 Å². The zero-order valence-corrected chi connectivity index (χ0v) is 11.2. The minimum atomic E-state index is -2.96. The van der Waals surface area contributed by atoms with Gasteiger partial charge in [0.05, 0.1) is 0 Å². The molecule has 1 rings (SSSR count). The number of phenols is 1. The normalized spacial score (nSPS) is 11.6. The van der Waals surface area contributed by atoms with Crippen molar-refractivity contribution in [2.45, 2.75) is 11.7 Å². The molecular weight excluding hydrogens is 291 g/mol. The van der Waals surface area contributed by atoms with E-state index in [1.54, 1.807) is 12.1 Å². The molecule has 0 amide bonds. The van der Waals surface area contributed by atoms with Gasteiger partial charge in [-0.3, -0.25) is 0 Å². The monoisotopic (exact) mass is 300 g/mol. The Hall–Kier alpha value is 0.433. The maximum absolute atomic E-state index is 9.02. The average molecular weight is 300 g/mol. The summed E-state index contributed by atoms with van der Waals surface area (Å²) in [6.45, 7) is 0. The van der Waals surface area contributed by atoms with Crippen molar-refractivity contribution < 1.29 is 5.11 Å². The Kier molecular flexibility index (Phi) is 4.23. The molecule has 1 N–H and O–H groups in total. The maximum atomic E-state index is 9.02. The van der Waals surface area contributed by atoms with E-state index in [4.69, 9.17) is 35.1 Å². The van der Waals surface area contributed by atoms with E-state index in [1.807, 2.05) is 12.1 Å². The summed E-state index contributed by atoms with van der Waals surface area (Å²) < 4.78 is 0. The van der Waals surface area contributed by atoms with Crippen LogP contribution in [0.25, 0.3) is 0 Å². The van der Waals surface area contributed by atoms with E-state index < -0.39 is 10.5 Å². The van der Waals surface area contributed by atoms with Crippen LogP contribution in [0.4, 0.5) is 0 Å². The molecule has 0 saturated carbocycles. The van der Waals surface area contributed by atoms with Gasteiger partial charge in [0, 0.05) is 0 Å². The van der Waals surface area contributed by atoms with Crippen LogP contribution in [-0.2, 0) is 6.42 Å². The summed E-state index contributed by atoms with van der Waals surface area (Å²) >= 11 is 0. The molecule has 5 heteroatoms. The van der Waals surface area contributed by atoms with Crippen molar-refractivity contribution in [1.29, 1.82) is 0 Å². The fraction of sp³-hybridized carbons (Fsp3) is 0.250. The van der Waals surface area contributed by atoms with Gasteiger partial charge in [0.1, 0.15) is 0 Å². The van der Waals surface area contributed by atoms with Crippen molar-refractivity contribution in [1.82, 2.24) is 0 Å². The first kappa shape index (κ1) is 11.5. The second-order valence-corrected chi connectivity index (χ2v) is 19.5. The van der Waals surface area contributed by atoms with Gasteiger partial charge in [-0.2, -0.15) is 0 Å². The van der Waals surface area contributed by atoms with E-state index in [-0.39, 0.29) is 5.75 Å². The zero-order chi connectivity index (χ0) is 9.90. The topological polar surface area (TPSA) is 20.2 Å². The number of hydrogen-bond donors (Lipinski definition) is 1. The summed E-state index contributed by atoms with van der Waals surface area (Å²) in [4.78, 5) is 0.